The van der Waals surface area contributed by atoms with E-state index >= 15 is 0 Å². The summed E-state index contributed by atoms with van der Waals surface area (Å²) in [7, 11) is 0. The molecule has 1 saturated heterocycles. The number of rotatable bonds is 5. The Balaban J connectivity index is 1.81. The second-order valence-electron chi connectivity index (χ2n) is 4.44. The summed E-state index contributed by atoms with van der Waals surface area (Å²) in [5.74, 6) is 1.55. The molecule has 0 amide bonds. The van der Waals surface area contributed by atoms with Crippen molar-refractivity contribution in [2.75, 3.05) is 31.2 Å². The second-order valence-corrected chi connectivity index (χ2v) is 4.78. The summed E-state index contributed by atoms with van der Waals surface area (Å²) in [4.78, 5) is 10.4. The van der Waals surface area contributed by atoms with Gasteiger partial charge in [0.05, 0.1) is 6.61 Å². The maximum Gasteiger partial charge on any atom is 0.224 e. The molecule has 0 atom stereocenters. The van der Waals surface area contributed by atoms with Crippen LogP contribution in [0.15, 0.2) is 24.9 Å². The van der Waals surface area contributed by atoms with Crippen molar-refractivity contribution < 1.29 is 4.74 Å². The first-order chi connectivity index (χ1) is 8.79. The van der Waals surface area contributed by atoms with Crippen molar-refractivity contribution >= 4 is 17.4 Å². The van der Waals surface area contributed by atoms with Gasteiger partial charge in [0, 0.05) is 25.9 Å². The lowest BCUT2D eigenvalue weighted by atomic mass is 9.98. The van der Waals surface area contributed by atoms with Gasteiger partial charge < -0.3 is 9.64 Å². The van der Waals surface area contributed by atoms with E-state index in [1.165, 1.54) is 0 Å². The van der Waals surface area contributed by atoms with Gasteiger partial charge in [0.2, 0.25) is 5.28 Å². The Morgan fingerprint density at radius 2 is 2.28 bits per heavy atom. The van der Waals surface area contributed by atoms with Gasteiger partial charge in [0.25, 0.3) is 0 Å². The number of nitrogens with zero attached hydrogens (tertiary/aromatic N) is 3. The number of ether oxygens (including phenoxy) is 1. The highest BCUT2D eigenvalue weighted by atomic mass is 35.5. The number of piperidine rings is 1. The summed E-state index contributed by atoms with van der Waals surface area (Å²) in [6.07, 6.45) is 5.74. The molecule has 1 aromatic rings. The molecular weight excluding hydrogens is 250 g/mol. The number of aromatic nitrogens is 2. The highest BCUT2D eigenvalue weighted by Crippen LogP contribution is 2.22. The van der Waals surface area contributed by atoms with Crippen LogP contribution < -0.4 is 4.90 Å². The summed E-state index contributed by atoms with van der Waals surface area (Å²) in [6.45, 7) is 7.10. The summed E-state index contributed by atoms with van der Waals surface area (Å²) in [5.41, 5.74) is 0. The molecule has 0 N–H and O–H groups in total. The van der Waals surface area contributed by atoms with Gasteiger partial charge in [-0.3, -0.25) is 0 Å². The number of anilines is 1. The molecule has 0 radical (unpaired) electrons. The zero-order valence-electron chi connectivity index (χ0n) is 10.4. The van der Waals surface area contributed by atoms with Crippen LogP contribution >= 0.6 is 11.6 Å². The van der Waals surface area contributed by atoms with E-state index in [4.69, 9.17) is 16.3 Å². The molecule has 0 unspecified atom stereocenters. The van der Waals surface area contributed by atoms with Crippen LogP contribution in [-0.4, -0.2) is 36.3 Å². The van der Waals surface area contributed by atoms with Crippen LogP contribution in [0.5, 0.6) is 0 Å². The quantitative estimate of drug-likeness (QED) is 0.467. The van der Waals surface area contributed by atoms with E-state index < -0.39 is 0 Å². The fourth-order valence-corrected chi connectivity index (χ4v) is 2.29. The Bertz CT molecular complexity index is 392. The third kappa shape index (κ3) is 3.68. The molecule has 2 rings (SSSR count). The third-order valence-electron chi connectivity index (χ3n) is 3.14. The van der Waals surface area contributed by atoms with E-state index in [9.17, 15) is 0 Å². The Morgan fingerprint density at radius 1 is 1.50 bits per heavy atom. The molecule has 1 aliphatic rings. The van der Waals surface area contributed by atoms with Crippen molar-refractivity contribution in [2.45, 2.75) is 12.8 Å². The van der Waals surface area contributed by atoms with Gasteiger partial charge in [-0.2, -0.15) is 0 Å². The lowest BCUT2D eigenvalue weighted by Crippen LogP contribution is -2.35. The zero-order chi connectivity index (χ0) is 12.8. The van der Waals surface area contributed by atoms with E-state index in [-0.39, 0.29) is 0 Å². The molecule has 1 aliphatic heterocycles. The van der Waals surface area contributed by atoms with Crippen LogP contribution in [0.4, 0.5) is 5.82 Å². The van der Waals surface area contributed by atoms with Crippen molar-refractivity contribution in [3.8, 4) is 0 Å². The van der Waals surface area contributed by atoms with Crippen molar-refractivity contribution in [3.63, 3.8) is 0 Å². The van der Waals surface area contributed by atoms with Gasteiger partial charge in [-0.05, 0) is 36.4 Å². The molecule has 98 valence electrons. The minimum Gasteiger partial charge on any atom is -0.377 e. The molecule has 4 nitrogen and oxygen atoms in total. The van der Waals surface area contributed by atoms with E-state index in [0.717, 1.165) is 38.4 Å². The molecule has 1 aromatic heterocycles. The molecule has 18 heavy (non-hydrogen) atoms. The molecule has 0 bridgehead atoms. The Labute approximate surface area is 113 Å². The molecule has 0 aliphatic carbocycles. The minimum absolute atomic E-state index is 0.309. The maximum atomic E-state index is 5.80. The molecule has 5 heteroatoms. The van der Waals surface area contributed by atoms with E-state index in [0.29, 0.717) is 17.8 Å². The first-order valence-electron chi connectivity index (χ1n) is 6.21. The van der Waals surface area contributed by atoms with Gasteiger partial charge in [-0.1, -0.05) is 6.08 Å². The van der Waals surface area contributed by atoms with Crippen LogP contribution in [-0.2, 0) is 4.74 Å². The average molecular weight is 268 g/mol. The van der Waals surface area contributed by atoms with Crippen molar-refractivity contribution in [1.82, 2.24) is 9.97 Å². The Morgan fingerprint density at radius 3 is 2.94 bits per heavy atom. The fourth-order valence-electron chi connectivity index (χ4n) is 2.15. The van der Waals surface area contributed by atoms with Gasteiger partial charge >= 0.3 is 0 Å². The topological polar surface area (TPSA) is 38.2 Å². The minimum atomic E-state index is 0.309. The normalized spacial score (nSPS) is 16.8. The highest BCUT2D eigenvalue weighted by Gasteiger charge is 2.20. The Kier molecular flexibility index (Phi) is 4.96. The lowest BCUT2D eigenvalue weighted by Gasteiger charge is -2.32. The summed E-state index contributed by atoms with van der Waals surface area (Å²) < 4.78 is 5.50. The predicted octanol–water partition coefficient (Wildman–Crippen LogP) is 2.55. The first-order valence-corrected chi connectivity index (χ1v) is 6.59. The molecule has 0 aromatic carbocycles. The molecule has 0 saturated carbocycles. The third-order valence-corrected chi connectivity index (χ3v) is 3.32. The maximum absolute atomic E-state index is 5.80. The lowest BCUT2D eigenvalue weighted by molar-refractivity contribution is 0.112. The van der Waals surface area contributed by atoms with Crippen LogP contribution in [0.1, 0.15) is 12.8 Å². The summed E-state index contributed by atoms with van der Waals surface area (Å²) in [5, 5.41) is 0.309. The molecule has 0 spiro atoms. The van der Waals surface area contributed by atoms with E-state index in [1.54, 1.807) is 12.3 Å². The van der Waals surface area contributed by atoms with Gasteiger partial charge in [-0.25, -0.2) is 9.97 Å². The van der Waals surface area contributed by atoms with Crippen molar-refractivity contribution in [1.29, 1.82) is 0 Å². The summed E-state index contributed by atoms with van der Waals surface area (Å²) in [6, 6.07) is 1.90. The van der Waals surface area contributed by atoms with Crippen LogP contribution in [0.3, 0.4) is 0 Å². The smallest absolute Gasteiger partial charge is 0.224 e. The zero-order valence-corrected chi connectivity index (χ0v) is 11.1. The van der Waals surface area contributed by atoms with Crippen LogP contribution in [0, 0.1) is 5.92 Å². The predicted molar refractivity (Wildman–Crippen MR) is 73.0 cm³/mol. The molecule has 2 heterocycles. The summed E-state index contributed by atoms with van der Waals surface area (Å²) >= 11 is 5.80. The average Bonchev–Trinajstić information content (AvgIpc) is 2.40. The molecular formula is C13H18ClN3O. The largest absolute Gasteiger partial charge is 0.377 e. The van der Waals surface area contributed by atoms with Gasteiger partial charge in [0.1, 0.15) is 5.82 Å². The highest BCUT2D eigenvalue weighted by molar-refractivity contribution is 6.28. The number of hydrogen-bond donors (Lipinski definition) is 0. The van der Waals surface area contributed by atoms with Crippen molar-refractivity contribution in [2.24, 2.45) is 5.92 Å². The monoisotopic (exact) mass is 267 g/mol. The number of hydrogen-bond acceptors (Lipinski definition) is 4. The van der Waals surface area contributed by atoms with E-state index in [2.05, 4.69) is 21.4 Å². The van der Waals surface area contributed by atoms with Gasteiger partial charge in [0.15, 0.2) is 0 Å². The fraction of sp³-hybridized carbons (Fsp3) is 0.538. The first kappa shape index (κ1) is 13.3. The standard InChI is InChI=1S/C13H18ClN3O/c1-2-9-18-10-11-4-7-17(8-5-11)12-3-6-15-13(14)16-12/h2-3,6,11H,1,4-5,7-10H2. The van der Waals surface area contributed by atoms with Crippen LogP contribution in [0.2, 0.25) is 5.28 Å². The van der Waals surface area contributed by atoms with Gasteiger partial charge in [-0.15, -0.1) is 6.58 Å². The van der Waals surface area contributed by atoms with E-state index in [1.807, 2.05) is 6.07 Å². The van der Waals surface area contributed by atoms with Crippen molar-refractivity contribution in [3.05, 3.63) is 30.2 Å². The van der Waals surface area contributed by atoms with Crippen LogP contribution in [0.25, 0.3) is 0 Å². The molecule has 1 fully saturated rings. The number of halogens is 1. The second kappa shape index (κ2) is 6.71. The Hall–Kier alpha value is -1.13. The SMILES string of the molecule is C=CCOCC1CCN(c2ccnc(Cl)n2)CC1.